The molecule has 0 bridgehead atoms. The zero-order valence-electron chi connectivity index (χ0n) is 9.04. The Bertz CT molecular complexity index is 363. The smallest absolute Gasteiger partial charge is 0.226 e. The van der Waals surface area contributed by atoms with Crippen molar-refractivity contribution in [3.63, 3.8) is 0 Å². The second-order valence-corrected chi connectivity index (χ2v) is 5.33. The lowest BCUT2D eigenvalue weighted by Crippen LogP contribution is -2.26. The van der Waals surface area contributed by atoms with Gasteiger partial charge in [0.15, 0.2) is 0 Å². The molecule has 0 atom stereocenters. The molecule has 1 amide bonds. The van der Waals surface area contributed by atoms with E-state index in [0.29, 0.717) is 12.3 Å². The molecule has 88 valence electrons. The molecule has 16 heavy (non-hydrogen) atoms. The Morgan fingerprint density at radius 1 is 1.62 bits per heavy atom. The first-order valence-corrected chi connectivity index (χ1v) is 6.95. The van der Waals surface area contributed by atoms with E-state index in [-0.39, 0.29) is 5.91 Å². The zero-order valence-corrected chi connectivity index (χ0v) is 10.6. The van der Waals surface area contributed by atoms with Gasteiger partial charge in [-0.05, 0) is 12.3 Å². The van der Waals surface area contributed by atoms with Crippen LogP contribution in [0.5, 0.6) is 0 Å². The Labute approximate surface area is 104 Å². The number of carbonyl (C=O) groups excluding carboxylic acids is 1. The minimum atomic E-state index is 0.0659. The molecule has 2 rings (SSSR count). The molecule has 1 saturated carbocycles. The van der Waals surface area contributed by atoms with Crippen LogP contribution in [0.1, 0.15) is 30.0 Å². The molecule has 5 heteroatoms. The first kappa shape index (κ1) is 11.9. The number of aromatic nitrogens is 1. The fourth-order valence-corrected chi connectivity index (χ4v) is 2.53. The van der Waals surface area contributed by atoms with Gasteiger partial charge in [-0.1, -0.05) is 12.8 Å². The summed E-state index contributed by atoms with van der Waals surface area (Å²) in [7, 11) is 0. The quantitative estimate of drug-likeness (QED) is 0.796. The number of halogens is 1. The van der Waals surface area contributed by atoms with Gasteiger partial charge < -0.3 is 5.32 Å². The molecular weight excluding hydrogens is 244 g/mol. The molecule has 1 aliphatic carbocycles. The molecule has 1 fully saturated rings. The van der Waals surface area contributed by atoms with Gasteiger partial charge in [-0.25, -0.2) is 4.98 Å². The minimum Gasteiger partial charge on any atom is -0.356 e. The van der Waals surface area contributed by atoms with E-state index in [4.69, 9.17) is 11.6 Å². The third kappa shape index (κ3) is 3.76. The van der Waals surface area contributed by atoms with E-state index in [1.807, 2.05) is 5.38 Å². The summed E-state index contributed by atoms with van der Waals surface area (Å²) in [6.07, 6.45) is 4.17. The summed E-state index contributed by atoms with van der Waals surface area (Å²) < 4.78 is 0. The Morgan fingerprint density at radius 2 is 2.44 bits per heavy atom. The molecule has 0 radical (unpaired) electrons. The molecule has 0 unspecified atom stereocenters. The van der Waals surface area contributed by atoms with Gasteiger partial charge in [-0.3, -0.25) is 4.79 Å². The van der Waals surface area contributed by atoms with Gasteiger partial charge in [-0.15, -0.1) is 22.9 Å². The van der Waals surface area contributed by atoms with Crippen molar-refractivity contribution in [2.45, 2.75) is 31.6 Å². The van der Waals surface area contributed by atoms with E-state index in [9.17, 15) is 4.79 Å². The first-order valence-electron chi connectivity index (χ1n) is 5.54. The van der Waals surface area contributed by atoms with Crippen molar-refractivity contribution in [2.24, 2.45) is 5.92 Å². The molecule has 0 spiro atoms. The SMILES string of the molecule is O=C(Cc1nc(CCl)cs1)NCCC1CC1. The van der Waals surface area contributed by atoms with Crippen molar-refractivity contribution in [3.05, 3.63) is 16.1 Å². The summed E-state index contributed by atoms with van der Waals surface area (Å²) >= 11 is 7.14. The lowest BCUT2D eigenvalue weighted by molar-refractivity contribution is -0.120. The molecular formula is C11H15ClN2OS. The third-order valence-corrected chi connectivity index (χ3v) is 3.79. The van der Waals surface area contributed by atoms with E-state index < -0.39 is 0 Å². The van der Waals surface area contributed by atoms with Crippen molar-refractivity contribution in [3.8, 4) is 0 Å². The lowest BCUT2D eigenvalue weighted by atomic mass is 10.3. The van der Waals surface area contributed by atoms with Crippen LogP contribution in [0.3, 0.4) is 0 Å². The van der Waals surface area contributed by atoms with Gasteiger partial charge >= 0.3 is 0 Å². The van der Waals surface area contributed by atoms with Crippen LogP contribution in [0.15, 0.2) is 5.38 Å². The van der Waals surface area contributed by atoms with Crippen LogP contribution < -0.4 is 5.32 Å². The minimum absolute atomic E-state index is 0.0659. The second-order valence-electron chi connectivity index (χ2n) is 4.12. The van der Waals surface area contributed by atoms with E-state index in [2.05, 4.69) is 10.3 Å². The molecule has 0 aromatic carbocycles. The molecule has 1 aliphatic rings. The van der Waals surface area contributed by atoms with Crippen LogP contribution in [0, 0.1) is 5.92 Å². The van der Waals surface area contributed by atoms with Crippen LogP contribution in [-0.4, -0.2) is 17.4 Å². The number of amides is 1. The topological polar surface area (TPSA) is 42.0 Å². The van der Waals surface area contributed by atoms with Gasteiger partial charge in [0, 0.05) is 11.9 Å². The molecule has 0 saturated heterocycles. The fraction of sp³-hybridized carbons (Fsp3) is 0.636. The van der Waals surface area contributed by atoms with Gasteiger partial charge in [0.1, 0.15) is 5.01 Å². The Kier molecular flexibility index (Phi) is 4.18. The molecule has 1 aromatic heterocycles. The lowest BCUT2D eigenvalue weighted by Gasteiger charge is -2.02. The van der Waals surface area contributed by atoms with Crippen molar-refractivity contribution in [1.82, 2.24) is 10.3 Å². The van der Waals surface area contributed by atoms with E-state index >= 15 is 0 Å². The van der Waals surface area contributed by atoms with Gasteiger partial charge in [0.05, 0.1) is 18.0 Å². The number of carbonyl (C=O) groups is 1. The Hall–Kier alpha value is -0.610. The van der Waals surface area contributed by atoms with Crippen LogP contribution in [0.2, 0.25) is 0 Å². The highest BCUT2D eigenvalue weighted by Gasteiger charge is 2.20. The normalized spacial score (nSPS) is 15.1. The number of nitrogens with zero attached hydrogens (tertiary/aromatic N) is 1. The number of alkyl halides is 1. The Morgan fingerprint density at radius 3 is 3.06 bits per heavy atom. The number of nitrogens with one attached hydrogen (secondary N) is 1. The first-order chi connectivity index (χ1) is 7.78. The maximum atomic E-state index is 11.5. The molecule has 1 aromatic rings. The number of rotatable bonds is 6. The molecule has 1 N–H and O–H groups in total. The van der Waals surface area contributed by atoms with Crippen molar-refractivity contribution < 1.29 is 4.79 Å². The number of thiazole rings is 1. The van der Waals surface area contributed by atoms with Crippen molar-refractivity contribution in [2.75, 3.05) is 6.54 Å². The summed E-state index contributed by atoms with van der Waals surface area (Å²) in [4.78, 5) is 15.8. The van der Waals surface area contributed by atoms with E-state index in [0.717, 1.165) is 29.6 Å². The second kappa shape index (κ2) is 5.64. The highest BCUT2D eigenvalue weighted by molar-refractivity contribution is 7.09. The van der Waals surface area contributed by atoms with Crippen molar-refractivity contribution >= 4 is 28.8 Å². The van der Waals surface area contributed by atoms with Crippen LogP contribution >= 0.6 is 22.9 Å². The largest absolute Gasteiger partial charge is 0.356 e. The van der Waals surface area contributed by atoms with Crippen LogP contribution in [0.25, 0.3) is 0 Å². The summed E-state index contributed by atoms with van der Waals surface area (Å²) in [6, 6.07) is 0. The summed E-state index contributed by atoms with van der Waals surface area (Å²) in [5, 5.41) is 5.67. The van der Waals surface area contributed by atoms with E-state index in [1.54, 1.807) is 0 Å². The predicted molar refractivity (Wildman–Crippen MR) is 65.7 cm³/mol. The van der Waals surface area contributed by atoms with Gasteiger partial charge in [-0.2, -0.15) is 0 Å². The average molecular weight is 259 g/mol. The maximum absolute atomic E-state index is 11.5. The highest BCUT2D eigenvalue weighted by atomic mass is 35.5. The third-order valence-electron chi connectivity index (χ3n) is 2.62. The van der Waals surface area contributed by atoms with Gasteiger partial charge in [0.25, 0.3) is 0 Å². The van der Waals surface area contributed by atoms with Crippen LogP contribution in [-0.2, 0) is 17.1 Å². The fourth-order valence-electron chi connectivity index (χ4n) is 1.51. The predicted octanol–water partition coefficient (Wildman–Crippen LogP) is 2.34. The number of hydrogen-bond donors (Lipinski definition) is 1. The number of hydrogen-bond acceptors (Lipinski definition) is 3. The monoisotopic (exact) mass is 258 g/mol. The zero-order chi connectivity index (χ0) is 11.4. The summed E-state index contributed by atoms with van der Waals surface area (Å²) in [6.45, 7) is 0.803. The molecule has 3 nitrogen and oxygen atoms in total. The van der Waals surface area contributed by atoms with Crippen molar-refractivity contribution in [1.29, 1.82) is 0 Å². The average Bonchev–Trinajstić information content (AvgIpc) is 2.97. The summed E-state index contributed by atoms with van der Waals surface area (Å²) in [5.74, 6) is 1.35. The van der Waals surface area contributed by atoms with E-state index in [1.165, 1.54) is 24.2 Å². The molecule has 0 aliphatic heterocycles. The highest BCUT2D eigenvalue weighted by Crippen LogP contribution is 2.31. The van der Waals surface area contributed by atoms with Crippen LogP contribution in [0.4, 0.5) is 0 Å². The Balaban J connectivity index is 1.68. The maximum Gasteiger partial charge on any atom is 0.226 e. The standard InChI is InChI=1S/C11H15ClN2OS/c12-6-9-7-16-11(14-9)5-10(15)13-4-3-8-1-2-8/h7-8H,1-6H2,(H,13,15). The summed E-state index contributed by atoms with van der Waals surface area (Å²) in [5.41, 5.74) is 0.854. The molecule has 1 heterocycles. The van der Waals surface area contributed by atoms with Gasteiger partial charge in [0.2, 0.25) is 5.91 Å².